The fraction of sp³-hybridized carbons (Fsp3) is 0.741. The molecule has 0 unspecified atom stereocenters. The Hall–Kier alpha value is -1.31. The van der Waals surface area contributed by atoms with E-state index in [1.807, 2.05) is 0 Å². The van der Waals surface area contributed by atoms with E-state index in [1.54, 1.807) is 0 Å². The SMILES string of the molecule is c1ccc(C(=NC2C3CC4CC(C3)CC2C4)NC2C3CC4CC(C3)CC2C4)cc1. The topological polar surface area (TPSA) is 24.4 Å². The number of nitrogens with one attached hydrogen (secondary N) is 1. The van der Waals surface area contributed by atoms with E-state index in [2.05, 4.69) is 35.6 Å². The first-order chi connectivity index (χ1) is 14.3. The molecule has 0 spiro atoms. The molecule has 0 radical (unpaired) electrons. The highest BCUT2D eigenvalue weighted by Crippen LogP contribution is 2.55. The first kappa shape index (κ1) is 17.4. The lowest BCUT2D eigenvalue weighted by molar-refractivity contribution is -0.00800. The molecule has 8 aliphatic carbocycles. The summed E-state index contributed by atoms with van der Waals surface area (Å²) in [6, 6.07) is 12.4. The van der Waals surface area contributed by atoms with E-state index in [4.69, 9.17) is 4.99 Å². The molecule has 2 heteroatoms. The standard InChI is InChI=1S/C27H36N2/c1-2-4-20(5-3-1)27(28-25-21-8-16-6-17(10-21)11-22(25)9-16)29-26-23-12-18-7-19(14-23)15-24(26)13-18/h1-5,16-19,21-26H,6-15H2,(H,28,29). The highest BCUT2D eigenvalue weighted by molar-refractivity contribution is 5.99. The van der Waals surface area contributed by atoms with Crippen molar-refractivity contribution in [1.82, 2.24) is 5.32 Å². The fourth-order valence-corrected chi connectivity index (χ4v) is 9.37. The second-order valence-corrected chi connectivity index (χ2v) is 11.9. The molecule has 1 aromatic carbocycles. The average Bonchev–Trinajstić information content (AvgIpc) is 2.71. The summed E-state index contributed by atoms with van der Waals surface area (Å²) in [6.45, 7) is 0. The summed E-state index contributed by atoms with van der Waals surface area (Å²) in [5.74, 6) is 8.92. The van der Waals surface area contributed by atoms with Crippen LogP contribution in [0.3, 0.4) is 0 Å². The molecule has 1 aromatic rings. The average molecular weight is 389 g/mol. The minimum absolute atomic E-state index is 0.586. The second-order valence-electron chi connectivity index (χ2n) is 11.9. The number of aliphatic imine (C=N–C) groups is 1. The number of amidine groups is 1. The molecule has 0 saturated heterocycles. The molecule has 8 fully saturated rings. The van der Waals surface area contributed by atoms with Gasteiger partial charge in [0.1, 0.15) is 5.84 Å². The summed E-state index contributed by atoms with van der Waals surface area (Å²) in [4.78, 5) is 5.60. The van der Waals surface area contributed by atoms with E-state index in [0.717, 1.165) is 47.3 Å². The van der Waals surface area contributed by atoms with Crippen LogP contribution in [0.15, 0.2) is 35.3 Å². The molecule has 0 amide bonds. The molecule has 29 heavy (non-hydrogen) atoms. The van der Waals surface area contributed by atoms with Gasteiger partial charge in [-0.05, 0) is 112 Å². The van der Waals surface area contributed by atoms with Crippen LogP contribution in [0.2, 0.25) is 0 Å². The van der Waals surface area contributed by atoms with Crippen LogP contribution < -0.4 is 5.32 Å². The molecule has 0 aromatic heterocycles. The third kappa shape index (κ3) is 2.92. The molecule has 9 rings (SSSR count). The number of hydrogen-bond donors (Lipinski definition) is 1. The molecule has 0 aliphatic heterocycles. The smallest absolute Gasteiger partial charge is 0.128 e. The van der Waals surface area contributed by atoms with E-state index in [1.165, 1.54) is 75.6 Å². The highest BCUT2D eigenvalue weighted by Gasteiger charge is 2.50. The monoisotopic (exact) mass is 388 g/mol. The van der Waals surface area contributed by atoms with Gasteiger partial charge in [0, 0.05) is 11.6 Å². The number of nitrogens with zero attached hydrogens (tertiary/aromatic N) is 1. The normalized spacial score (nSPS) is 49.6. The zero-order chi connectivity index (χ0) is 18.9. The van der Waals surface area contributed by atoms with Crippen LogP contribution in [0.5, 0.6) is 0 Å². The summed E-state index contributed by atoms with van der Waals surface area (Å²) in [5, 5.41) is 4.12. The maximum Gasteiger partial charge on any atom is 0.128 e. The Morgan fingerprint density at radius 1 is 0.621 bits per heavy atom. The van der Waals surface area contributed by atoms with Gasteiger partial charge in [-0.25, -0.2) is 0 Å². The molecule has 8 aliphatic rings. The Balaban J connectivity index is 1.20. The lowest BCUT2D eigenvalue weighted by Crippen LogP contribution is -2.56. The van der Waals surface area contributed by atoms with Crippen molar-refractivity contribution in [3.63, 3.8) is 0 Å². The minimum Gasteiger partial charge on any atom is -0.367 e. The van der Waals surface area contributed by atoms with Gasteiger partial charge in [-0.2, -0.15) is 0 Å². The molecular weight excluding hydrogens is 352 g/mol. The van der Waals surface area contributed by atoms with E-state index >= 15 is 0 Å². The fourth-order valence-electron chi connectivity index (χ4n) is 9.37. The van der Waals surface area contributed by atoms with Gasteiger partial charge in [0.15, 0.2) is 0 Å². The summed E-state index contributed by atoms with van der Waals surface area (Å²) < 4.78 is 0. The van der Waals surface area contributed by atoms with Crippen molar-refractivity contribution in [3.05, 3.63) is 35.9 Å². The molecule has 8 bridgehead atoms. The molecular formula is C27H36N2. The first-order valence-electron chi connectivity index (χ1n) is 12.7. The van der Waals surface area contributed by atoms with Crippen molar-refractivity contribution < 1.29 is 0 Å². The van der Waals surface area contributed by atoms with Crippen LogP contribution in [0.1, 0.15) is 69.8 Å². The largest absolute Gasteiger partial charge is 0.367 e. The quantitative estimate of drug-likeness (QED) is 0.523. The third-order valence-electron chi connectivity index (χ3n) is 10.0. The summed E-state index contributed by atoms with van der Waals surface area (Å²) in [6.07, 6.45) is 14.8. The van der Waals surface area contributed by atoms with Gasteiger partial charge in [0.2, 0.25) is 0 Å². The van der Waals surface area contributed by atoms with Crippen LogP contribution in [-0.4, -0.2) is 17.9 Å². The number of hydrogen-bond acceptors (Lipinski definition) is 1. The maximum absolute atomic E-state index is 5.60. The van der Waals surface area contributed by atoms with Crippen molar-refractivity contribution >= 4 is 5.84 Å². The van der Waals surface area contributed by atoms with Crippen molar-refractivity contribution in [2.45, 2.75) is 76.3 Å². The minimum atomic E-state index is 0.586. The van der Waals surface area contributed by atoms with E-state index in [9.17, 15) is 0 Å². The third-order valence-corrected chi connectivity index (χ3v) is 10.0. The number of benzene rings is 1. The van der Waals surface area contributed by atoms with Crippen molar-refractivity contribution in [3.8, 4) is 0 Å². The Morgan fingerprint density at radius 2 is 1.10 bits per heavy atom. The summed E-state index contributed by atoms with van der Waals surface area (Å²) in [5.41, 5.74) is 1.33. The molecule has 0 heterocycles. The first-order valence-corrected chi connectivity index (χ1v) is 12.7. The molecule has 154 valence electrons. The number of rotatable bonds is 3. The zero-order valence-electron chi connectivity index (χ0n) is 17.7. The maximum atomic E-state index is 5.60. The Bertz CT molecular complexity index is 740. The van der Waals surface area contributed by atoms with Gasteiger partial charge in [0.25, 0.3) is 0 Å². The Kier molecular flexibility index (Phi) is 3.95. The Morgan fingerprint density at radius 3 is 1.62 bits per heavy atom. The van der Waals surface area contributed by atoms with Crippen LogP contribution in [0, 0.1) is 47.3 Å². The van der Waals surface area contributed by atoms with Crippen LogP contribution in [-0.2, 0) is 0 Å². The van der Waals surface area contributed by atoms with E-state index in [-0.39, 0.29) is 0 Å². The van der Waals surface area contributed by atoms with Crippen LogP contribution in [0.4, 0.5) is 0 Å². The van der Waals surface area contributed by atoms with Gasteiger partial charge in [-0.3, -0.25) is 4.99 Å². The van der Waals surface area contributed by atoms with Crippen molar-refractivity contribution in [2.75, 3.05) is 0 Å². The highest BCUT2D eigenvalue weighted by atomic mass is 15.1. The van der Waals surface area contributed by atoms with Crippen LogP contribution in [0.25, 0.3) is 0 Å². The van der Waals surface area contributed by atoms with Crippen molar-refractivity contribution in [1.29, 1.82) is 0 Å². The predicted octanol–water partition coefficient (Wildman–Crippen LogP) is 5.67. The zero-order valence-corrected chi connectivity index (χ0v) is 17.7. The predicted molar refractivity (Wildman–Crippen MR) is 118 cm³/mol. The lowest BCUT2D eigenvalue weighted by atomic mass is 9.54. The van der Waals surface area contributed by atoms with Gasteiger partial charge in [-0.1, -0.05) is 30.3 Å². The Labute approximate surface area is 176 Å². The molecule has 2 nitrogen and oxygen atoms in total. The van der Waals surface area contributed by atoms with Gasteiger partial charge in [0.05, 0.1) is 6.04 Å². The van der Waals surface area contributed by atoms with Crippen LogP contribution >= 0.6 is 0 Å². The van der Waals surface area contributed by atoms with E-state index < -0.39 is 0 Å². The van der Waals surface area contributed by atoms with Gasteiger partial charge in [-0.15, -0.1) is 0 Å². The summed E-state index contributed by atoms with van der Waals surface area (Å²) >= 11 is 0. The van der Waals surface area contributed by atoms with Gasteiger partial charge < -0.3 is 5.32 Å². The molecule has 1 N–H and O–H groups in total. The lowest BCUT2D eigenvalue weighted by Gasteiger charge is -2.55. The van der Waals surface area contributed by atoms with Crippen molar-refractivity contribution in [2.24, 2.45) is 52.3 Å². The van der Waals surface area contributed by atoms with Gasteiger partial charge >= 0.3 is 0 Å². The molecule has 8 saturated carbocycles. The molecule has 0 atom stereocenters. The summed E-state index contributed by atoms with van der Waals surface area (Å²) in [7, 11) is 0. The van der Waals surface area contributed by atoms with E-state index in [0.29, 0.717) is 12.1 Å². The second kappa shape index (κ2) is 6.59.